The number of nitrogens with zero attached hydrogens (tertiary/aromatic N) is 2. The molecule has 0 spiro atoms. The van der Waals surface area contributed by atoms with Gasteiger partial charge in [-0.25, -0.2) is 0 Å². The van der Waals surface area contributed by atoms with Gasteiger partial charge in [0.15, 0.2) is 0 Å². The zero-order valence-corrected chi connectivity index (χ0v) is 13.1. The Morgan fingerprint density at radius 1 is 1.28 bits per heavy atom. The molecule has 3 nitrogen and oxygen atoms in total. The van der Waals surface area contributed by atoms with E-state index in [1.165, 1.54) is 45.4 Å². The molecule has 0 amide bonds. The summed E-state index contributed by atoms with van der Waals surface area (Å²) >= 11 is 0. The first-order chi connectivity index (χ1) is 8.54. The largest absolute Gasteiger partial charge is 0.319 e. The molecule has 0 aromatic rings. The first-order valence-corrected chi connectivity index (χ1v) is 7.62. The van der Waals surface area contributed by atoms with Crippen LogP contribution in [0.5, 0.6) is 0 Å². The number of likely N-dealkylation sites (tertiary alicyclic amines) is 1. The van der Waals surface area contributed by atoms with Gasteiger partial charge in [-0.15, -0.1) is 0 Å². The van der Waals surface area contributed by atoms with Crippen LogP contribution < -0.4 is 5.32 Å². The molecule has 108 valence electrons. The van der Waals surface area contributed by atoms with Gasteiger partial charge in [-0.2, -0.15) is 0 Å². The molecule has 0 aromatic heterocycles. The summed E-state index contributed by atoms with van der Waals surface area (Å²) in [6, 6.07) is 0.788. The second kappa shape index (κ2) is 7.46. The summed E-state index contributed by atoms with van der Waals surface area (Å²) in [5.74, 6) is 0. The molecule has 0 saturated carbocycles. The molecule has 18 heavy (non-hydrogen) atoms. The third kappa shape index (κ3) is 4.52. The molecule has 0 aliphatic carbocycles. The highest BCUT2D eigenvalue weighted by atomic mass is 15.2. The van der Waals surface area contributed by atoms with E-state index in [0.717, 1.165) is 12.6 Å². The van der Waals surface area contributed by atoms with E-state index in [2.05, 4.69) is 50.0 Å². The maximum atomic E-state index is 3.35. The van der Waals surface area contributed by atoms with Crippen molar-refractivity contribution < 1.29 is 0 Å². The SMILES string of the molecule is CCN1CCC(N(C)CC(C)(CC)CNC)CC1. The van der Waals surface area contributed by atoms with Crippen molar-refractivity contribution in [3.05, 3.63) is 0 Å². The van der Waals surface area contributed by atoms with E-state index < -0.39 is 0 Å². The number of hydrogen-bond donors (Lipinski definition) is 1. The average molecular weight is 255 g/mol. The minimum absolute atomic E-state index is 0.408. The van der Waals surface area contributed by atoms with Crippen LogP contribution in [0.2, 0.25) is 0 Å². The van der Waals surface area contributed by atoms with Gasteiger partial charge in [0.25, 0.3) is 0 Å². The third-order valence-electron chi connectivity index (χ3n) is 4.72. The van der Waals surface area contributed by atoms with Crippen LogP contribution in [0.1, 0.15) is 40.0 Å². The summed E-state index contributed by atoms with van der Waals surface area (Å²) < 4.78 is 0. The molecule has 1 unspecified atom stereocenters. The lowest BCUT2D eigenvalue weighted by Gasteiger charge is -2.40. The summed E-state index contributed by atoms with van der Waals surface area (Å²) in [4.78, 5) is 5.17. The van der Waals surface area contributed by atoms with E-state index in [1.54, 1.807) is 0 Å². The summed E-state index contributed by atoms with van der Waals surface area (Å²) in [5, 5.41) is 3.35. The molecule has 3 heteroatoms. The monoisotopic (exact) mass is 255 g/mol. The van der Waals surface area contributed by atoms with E-state index >= 15 is 0 Å². The zero-order chi connectivity index (χ0) is 13.6. The van der Waals surface area contributed by atoms with E-state index in [4.69, 9.17) is 0 Å². The molecule has 1 aliphatic rings. The van der Waals surface area contributed by atoms with Gasteiger partial charge in [0.05, 0.1) is 0 Å². The Bertz CT molecular complexity index is 224. The van der Waals surface area contributed by atoms with Crippen molar-refractivity contribution in [3.63, 3.8) is 0 Å². The fourth-order valence-corrected chi connectivity index (χ4v) is 3.13. The molecule has 1 heterocycles. The van der Waals surface area contributed by atoms with Crippen molar-refractivity contribution in [1.29, 1.82) is 0 Å². The second-order valence-electron chi connectivity index (χ2n) is 6.28. The van der Waals surface area contributed by atoms with Gasteiger partial charge < -0.3 is 15.1 Å². The van der Waals surface area contributed by atoms with E-state index in [-0.39, 0.29) is 0 Å². The van der Waals surface area contributed by atoms with Crippen LogP contribution in [0.15, 0.2) is 0 Å². The maximum Gasteiger partial charge on any atom is 0.0117 e. The Hall–Kier alpha value is -0.120. The molecule has 1 rings (SSSR count). The molecular weight excluding hydrogens is 222 g/mol. The van der Waals surface area contributed by atoms with Crippen LogP contribution >= 0.6 is 0 Å². The van der Waals surface area contributed by atoms with E-state index in [9.17, 15) is 0 Å². The van der Waals surface area contributed by atoms with Crippen LogP contribution in [-0.4, -0.2) is 62.7 Å². The van der Waals surface area contributed by atoms with Crippen LogP contribution in [0.4, 0.5) is 0 Å². The van der Waals surface area contributed by atoms with Crippen molar-refractivity contribution in [2.75, 3.05) is 46.8 Å². The van der Waals surface area contributed by atoms with E-state index in [1.807, 2.05) is 0 Å². The van der Waals surface area contributed by atoms with Gasteiger partial charge in [-0.05, 0) is 58.4 Å². The zero-order valence-electron chi connectivity index (χ0n) is 13.1. The minimum Gasteiger partial charge on any atom is -0.319 e. The first kappa shape index (κ1) is 15.9. The standard InChI is InChI=1S/C15H33N3/c1-6-15(3,12-16-4)13-17(5)14-8-10-18(7-2)11-9-14/h14,16H,6-13H2,1-5H3. The molecule has 0 aromatic carbocycles. The summed E-state index contributed by atoms with van der Waals surface area (Å²) in [6.45, 7) is 13.1. The lowest BCUT2D eigenvalue weighted by atomic mass is 9.86. The molecule has 1 atom stereocenters. The Labute approximate surface area is 114 Å². The van der Waals surface area contributed by atoms with Gasteiger partial charge >= 0.3 is 0 Å². The molecule has 1 N–H and O–H groups in total. The van der Waals surface area contributed by atoms with Crippen molar-refractivity contribution in [1.82, 2.24) is 15.1 Å². The smallest absolute Gasteiger partial charge is 0.0117 e. The van der Waals surface area contributed by atoms with Gasteiger partial charge in [-0.3, -0.25) is 0 Å². The first-order valence-electron chi connectivity index (χ1n) is 7.62. The Morgan fingerprint density at radius 3 is 2.33 bits per heavy atom. The quantitative estimate of drug-likeness (QED) is 0.751. The normalized spacial score (nSPS) is 22.3. The highest BCUT2D eigenvalue weighted by Gasteiger charge is 2.28. The highest BCUT2D eigenvalue weighted by molar-refractivity contribution is 4.84. The van der Waals surface area contributed by atoms with Gasteiger partial charge in [0.2, 0.25) is 0 Å². The van der Waals surface area contributed by atoms with Crippen molar-refractivity contribution in [2.45, 2.75) is 46.1 Å². The average Bonchev–Trinajstić information content (AvgIpc) is 2.39. The molecular formula is C15H33N3. The summed E-state index contributed by atoms with van der Waals surface area (Å²) in [6.07, 6.45) is 3.92. The molecule has 1 fully saturated rings. The fourth-order valence-electron chi connectivity index (χ4n) is 3.13. The van der Waals surface area contributed by atoms with Crippen molar-refractivity contribution >= 4 is 0 Å². The Kier molecular flexibility index (Phi) is 6.61. The molecule has 0 radical (unpaired) electrons. The number of nitrogens with one attached hydrogen (secondary N) is 1. The van der Waals surface area contributed by atoms with Crippen LogP contribution in [-0.2, 0) is 0 Å². The lowest BCUT2D eigenvalue weighted by molar-refractivity contribution is 0.0914. The van der Waals surface area contributed by atoms with Gasteiger partial charge in [0, 0.05) is 19.1 Å². The lowest BCUT2D eigenvalue weighted by Crippen LogP contribution is -2.48. The molecule has 1 aliphatic heterocycles. The van der Waals surface area contributed by atoms with Gasteiger partial charge in [0.1, 0.15) is 0 Å². The molecule has 0 bridgehead atoms. The van der Waals surface area contributed by atoms with Crippen LogP contribution in [0.25, 0.3) is 0 Å². The maximum absolute atomic E-state index is 3.35. The van der Waals surface area contributed by atoms with Crippen LogP contribution in [0, 0.1) is 5.41 Å². The predicted octanol–water partition coefficient (Wildman–Crippen LogP) is 2.04. The topological polar surface area (TPSA) is 18.5 Å². The summed E-state index contributed by atoms with van der Waals surface area (Å²) in [5.41, 5.74) is 0.408. The predicted molar refractivity (Wildman–Crippen MR) is 80.1 cm³/mol. The Morgan fingerprint density at radius 2 is 1.89 bits per heavy atom. The van der Waals surface area contributed by atoms with Crippen LogP contribution in [0.3, 0.4) is 0 Å². The number of piperidine rings is 1. The van der Waals surface area contributed by atoms with E-state index in [0.29, 0.717) is 5.41 Å². The number of hydrogen-bond acceptors (Lipinski definition) is 3. The summed E-state index contributed by atoms with van der Waals surface area (Å²) in [7, 11) is 4.38. The Balaban J connectivity index is 2.42. The molecule has 1 saturated heterocycles. The third-order valence-corrected chi connectivity index (χ3v) is 4.72. The van der Waals surface area contributed by atoms with Crippen molar-refractivity contribution in [3.8, 4) is 0 Å². The highest BCUT2D eigenvalue weighted by Crippen LogP contribution is 2.24. The number of rotatable bonds is 7. The van der Waals surface area contributed by atoms with Gasteiger partial charge in [-0.1, -0.05) is 20.8 Å². The second-order valence-corrected chi connectivity index (χ2v) is 6.28. The minimum atomic E-state index is 0.408. The fraction of sp³-hybridized carbons (Fsp3) is 1.00. The van der Waals surface area contributed by atoms with Crippen molar-refractivity contribution in [2.24, 2.45) is 5.41 Å².